The SMILES string of the molecule is C1CCCCC1.O=[Si]=O. The van der Waals surface area contributed by atoms with Crippen molar-refractivity contribution < 1.29 is 8.92 Å². The molecule has 9 heavy (non-hydrogen) atoms. The van der Waals surface area contributed by atoms with Crippen molar-refractivity contribution >= 4 is 9.29 Å². The molecule has 0 heterocycles. The molecule has 0 atom stereocenters. The Labute approximate surface area is 57.6 Å². The van der Waals surface area contributed by atoms with E-state index < -0.39 is 9.29 Å². The fraction of sp³-hybridized carbons (Fsp3) is 1.00. The van der Waals surface area contributed by atoms with Gasteiger partial charge in [0, 0.05) is 0 Å². The van der Waals surface area contributed by atoms with Crippen LogP contribution in [0.1, 0.15) is 38.5 Å². The van der Waals surface area contributed by atoms with Gasteiger partial charge in [-0.25, -0.2) is 0 Å². The Hall–Kier alpha value is -0.183. The summed E-state index contributed by atoms with van der Waals surface area (Å²) >= 11 is 0. The maximum Gasteiger partial charge on any atom is 0.549 e. The zero-order valence-electron chi connectivity index (χ0n) is 5.56. The molecule has 1 saturated carbocycles. The molecule has 0 amide bonds. The Morgan fingerprint density at radius 2 is 0.778 bits per heavy atom. The van der Waals surface area contributed by atoms with Gasteiger partial charge in [0.15, 0.2) is 0 Å². The van der Waals surface area contributed by atoms with Gasteiger partial charge in [-0.05, 0) is 0 Å². The van der Waals surface area contributed by atoms with Crippen LogP contribution < -0.4 is 0 Å². The average molecular weight is 144 g/mol. The van der Waals surface area contributed by atoms with Crippen LogP contribution >= 0.6 is 0 Å². The first-order valence-electron chi connectivity index (χ1n) is 3.41. The van der Waals surface area contributed by atoms with Crippen molar-refractivity contribution in [3.05, 3.63) is 0 Å². The van der Waals surface area contributed by atoms with Gasteiger partial charge in [-0.3, -0.25) is 8.92 Å². The van der Waals surface area contributed by atoms with Crippen LogP contribution in [-0.4, -0.2) is 9.29 Å². The normalized spacial score (nSPS) is 16.9. The molecule has 1 aliphatic carbocycles. The zero-order chi connectivity index (χ0) is 6.95. The minimum atomic E-state index is -1.42. The van der Waals surface area contributed by atoms with Crippen LogP contribution in [0.2, 0.25) is 0 Å². The topological polar surface area (TPSA) is 34.1 Å². The van der Waals surface area contributed by atoms with E-state index in [4.69, 9.17) is 8.92 Å². The lowest BCUT2D eigenvalue weighted by atomic mass is 10.0. The van der Waals surface area contributed by atoms with E-state index in [0.717, 1.165) is 0 Å². The van der Waals surface area contributed by atoms with Gasteiger partial charge >= 0.3 is 9.29 Å². The molecule has 0 aromatic heterocycles. The third-order valence-electron chi connectivity index (χ3n) is 1.50. The summed E-state index contributed by atoms with van der Waals surface area (Å²) in [5, 5.41) is 0. The van der Waals surface area contributed by atoms with Crippen molar-refractivity contribution in [3.8, 4) is 0 Å². The molecule has 0 unspecified atom stereocenters. The van der Waals surface area contributed by atoms with Crippen molar-refractivity contribution in [1.29, 1.82) is 0 Å². The van der Waals surface area contributed by atoms with Gasteiger partial charge in [0.25, 0.3) is 0 Å². The van der Waals surface area contributed by atoms with Gasteiger partial charge < -0.3 is 0 Å². The van der Waals surface area contributed by atoms with Crippen LogP contribution in [0.5, 0.6) is 0 Å². The standard InChI is InChI=1S/C6H12.O2Si/c1-2-4-6-5-3-1;1-3-2/h1-6H2;. The number of hydrogen-bond donors (Lipinski definition) is 0. The molecule has 0 bridgehead atoms. The molecule has 0 aliphatic heterocycles. The summed E-state index contributed by atoms with van der Waals surface area (Å²) in [7, 11) is -1.42. The first kappa shape index (κ1) is 8.82. The average Bonchev–Trinajstić information content (AvgIpc) is 1.93. The Morgan fingerprint density at radius 1 is 0.667 bits per heavy atom. The molecule has 1 rings (SSSR count). The highest BCUT2D eigenvalue weighted by molar-refractivity contribution is 5.94. The highest BCUT2D eigenvalue weighted by atomic mass is 28.2. The molecule has 2 nitrogen and oxygen atoms in total. The summed E-state index contributed by atoms with van der Waals surface area (Å²) in [6.07, 6.45) is 9.00. The van der Waals surface area contributed by atoms with E-state index >= 15 is 0 Å². The fourth-order valence-corrected chi connectivity index (χ4v) is 1.06. The Kier molecular flexibility index (Phi) is 7.66. The number of rotatable bonds is 0. The third kappa shape index (κ3) is 7.82. The van der Waals surface area contributed by atoms with E-state index in [1.165, 1.54) is 38.5 Å². The summed E-state index contributed by atoms with van der Waals surface area (Å²) in [4.78, 5) is 0. The van der Waals surface area contributed by atoms with Gasteiger partial charge in [0.05, 0.1) is 0 Å². The predicted octanol–water partition coefficient (Wildman–Crippen LogP) is 1.72. The van der Waals surface area contributed by atoms with Gasteiger partial charge in [-0.2, -0.15) is 0 Å². The van der Waals surface area contributed by atoms with Crippen LogP contribution in [0, 0.1) is 0 Å². The molecular weight excluding hydrogens is 132 g/mol. The van der Waals surface area contributed by atoms with Crippen molar-refractivity contribution in [1.82, 2.24) is 0 Å². The van der Waals surface area contributed by atoms with Crippen molar-refractivity contribution in [3.63, 3.8) is 0 Å². The van der Waals surface area contributed by atoms with Crippen LogP contribution in [0.3, 0.4) is 0 Å². The molecule has 0 aromatic rings. The number of hydrogen-bond acceptors (Lipinski definition) is 2. The van der Waals surface area contributed by atoms with E-state index in [2.05, 4.69) is 0 Å². The molecular formula is C6H12O2Si. The fourth-order valence-electron chi connectivity index (χ4n) is 1.06. The molecule has 1 fully saturated rings. The second kappa shape index (κ2) is 7.82. The summed E-state index contributed by atoms with van der Waals surface area (Å²) in [5.74, 6) is 0. The van der Waals surface area contributed by atoms with Crippen molar-refractivity contribution in [2.75, 3.05) is 0 Å². The predicted molar refractivity (Wildman–Crippen MR) is 34.8 cm³/mol. The van der Waals surface area contributed by atoms with Crippen LogP contribution in [0.4, 0.5) is 0 Å². The molecule has 52 valence electrons. The molecule has 3 heteroatoms. The summed E-state index contributed by atoms with van der Waals surface area (Å²) in [5.41, 5.74) is 0. The van der Waals surface area contributed by atoms with E-state index in [1.54, 1.807) is 0 Å². The second-order valence-electron chi connectivity index (χ2n) is 2.20. The monoisotopic (exact) mass is 144 g/mol. The minimum absolute atomic E-state index is 1.42. The summed E-state index contributed by atoms with van der Waals surface area (Å²) in [6.45, 7) is 0. The largest absolute Gasteiger partial charge is 0.549 e. The van der Waals surface area contributed by atoms with Crippen molar-refractivity contribution in [2.45, 2.75) is 38.5 Å². The van der Waals surface area contributed by atoms with Gasteiger partial charge in [-0.15, -0.1) is 0 Å². The van der Waals surface area contributed by atoms with Crippen molar-refractivity contribution in [2.24, 2.45) is 0 Å². The maximum absolute atomic E-state index is 8.40. The Balaban J connectivity index is 0.000000187. The van der Waals surface area contributed by atoms with Gasteiger partial charge in [0.1, 0.15) is 0 Å². The first-order valence-corrected chi connectivity index (χ1v) is 4.22. The van der Waals surface area contributed by atoms with Gasteiger partial charge in [0.2, 0.25) is 0 Å². The molecule has 0 saturated heterocycles. The molecule has 0 N–H and O–H groups in total. The highest BCUT2D eigenvalue weighted by Crippen LogP contribution is 2.15. The zero-order valence-corrected chi connectivity index (χ0v) is 6.56. The Morgan fingerprint density at radius 3 is 0.889 bits per heavy atom. The Bertz CT molecular complexity index is 71.5. The summed E-state index contributed by atoms with van der Waals surface area (Å²) < 4.78 is 16.8. The lowest BCUT2D eigenvalue weighted by molar-refractivity contribution is 0.497. The lowest BCUT2D eigenvalue weighted by Crippen LogP contribution is -1.85. The maximum atomic E-state index is 8.40. The van der Waals surface area contributed by atoms with Crippen LogP contribution in [0.25, 0.3) is 0 Å². The molecule has 1 aliphatic rings. The minimum Gasteiger partial charge on any atom is -0.274 e. The lowest BCUT2D eigenvalue weighted by Gasteiger charge is -2.05. The van der Waals surface area contributed by atoms with Gasteiger partial charge in [-0.1, -0.05) is 38.5 Å². The smallest absolute Gasteiger partial charge is 0.274 e. The molecule has 0 spiro atoms. The second-order valence-corrected chi connectivity index (χ2v) is 2.37. The van der Waals surface area contributed by atoms with Crippen LogP contribution in [-0.2, 0) is 8.92 Å². The highest BCUT2D eigenvalue weighted by Gasteiger charge is 1.95. The summed E-state index contributed by atoms with van der Waals surface area (Å²) in [6, 6.07) is 0. The quantitative estimate of drug-likeness (QED) is 0.485. The molecule has 0 radical (unpaired) electrons. The third-order valence-corrected chi connectivity index (χ3v) is 1.50. The van der Waals surface area contributed by atoms with E-state index in [1.807, 2.05) is 0 Å². The molecule has 0 aromatic carbocycles. The van der Waals surface area contributed by atoms with Crippen LogP contribution in [0.15, 0.2) is 0 Å². The first-order chi connectivity index (χ1) is 4.41. The van der Waals surface area contributed by atoms with E-state index in [-0.39, 0.29) is 0 Å². The van der Waals surface area contributed by atoms with E-state index in [9.17, 15) is 0 Å². The van der Waals surface area contributed by atoms with E-state index in [0.29, 0.717) is 0 Å².